The van der Waals surface area contributed by atoms with Crippen LogP contribution in [0.3, 0.4) is 0 Å². The first-order valence-corrected chi connectivity index (χ1v) is 6.51. The number of carbonyl (C=O) groups is 1. The summed E-state index contributed by atoms with van der Waals surface area (Å²) in [6.07, 6.45) is 1.45. The molecule has 0 spiro atoms. The minimum Gasteiger partial charge on any atom is -0.493 e. The Morgan fingerprint density at radius 2 is 1.95 bits per heavy atom. The summed E-state index contributed by atoms with van der Waals surface area (Å²) in [5.41, 5.74) is 3.52. The molecule has 2 aromatic rings. The molecule has 4 nitrogen and oxygen atoms in total. The van der Waals surface area contributed by atoms with Gasteiger partial charge in [-0.3, -0.25) is 4.79 Å². The van der Waals surface area contributed by atoms with Gasteiger partial charge in [0.25, 0.3) is 5.91 Å². The molecule has 108 valence electrons. The van der Waals surface area contributed by atoms with Crippen molar-refractivity contribution in [3.05, 3.63) is 65.5 Å². The lowest BCUT2D eigenvalue weighted by molar-refractivity contribution is 0.0951. The van der Waals surface area contributed by atoms with Gasteiger partial charge in [-0.2, -0.15) is 5.10 Å². The van der Waals surface area contributed by atoms with Crippen LogP contribution in [0, 0.1) is 5.82 Å². The first-order chi connectivity index (χ1) is 10.2. The van der Waals surface area contributed by atoms with Crippen LogP contribution < -0.4 is 10.2 Å². The van der Waals surface area contributed by atoms with E-state index in [1.54, 1.807) is 36.4 Å². The maximum Gasteiger partial charge on any atom is 0.275 e. The van der Waals surface area contributed by atoms with E-state index >= 15 is 0 Å². The summed E-state index contributed by atoms with van der Waals surface area (Å²) in [6.45, 7) is 2.32. The van der Waals surface area contributed by atoms with Crippen molar-refractivity contribution in [2.75, 3.05) is 6.61 Å². The summed E-state index contributed by atoms with van der Waals surface area (Å²) in [6, 6.07) is 12.7. The fraction of sp³-hybridized carbons (Fsp3) is 0.125. The summed E-state index contributed by atoms with van der Waals surface area (Å²) < 4.78 is 18.1. The van der Waals surface area contributed by atoms with Crippen LogP contribution in [0.5, 0.6) is 5.75 Å². The molecule has 0 radical (unpaired) electrons. The third-order valence-corrected chi connectivity index (χ3v) is 2.68. The molecule has 21 heavy (non-hydrogen) atoms. The van der Waals surface area contributed by atoms with Crippen molar-refractivity contribution in [2.24, 2.45) is 5.10 Å². The predicted molar refractivity (Wildman–Crippen MR) is 79.1 cm³/mol. The SMILES string of the molecule is CCOc1ccccc1C(=O)N/N=C\c1ccc(F)cc1. The number of hydrazone groups is 1. The number of rotatable bonds is 5. The Bertz CT molecular complexity index is 639. The molecule has 1 amide bonds. The molecular formula is C16H15FN2O2. The average Bonchev–Trinajstić information content (AvgIpc) is 2.50. The van der Waals surface area contributed by atoms with Crippen molar-refractivity contribution in [1.82, 2.24) is 5.43 Å². The van der Waals surface area contributed by atoms with Crippen LogP contribution in [0.25, 0.3) is 0 Å². The van der Waals surface area contributed by atoms with Crippen LogP contribution in [0.4, 0.5) is 4.39 Å². The summed E-state index contributed by atoms with van der Waals surface area (Å²) in [5.74, 6) is -0.172. The smallest absolute Gasteiger partial charge is 0.275 e. The van der Waals surface area contributed by atoms with Gasteiger partial charge in [-0.25, -0.2) is 9.82 Å². The lowest BCUT2D eigenvalue weighted by Crippen LogP contribution is -2.18. The molecule has 0 unspecified atom stereocenters. The molecule has 0 aliphatic carbocycles. The minimum atomic E-state index is -0.364. The summed E-state index contributed by atoms with van der Waals surface area (Å²) in [4.78, 5) is 12.0. The quantitative estimate of drug-likeness (QED) is 0.678. The zero-order chi connectivity index (χ0) is 15.1. The van der Waals surface area contributed by atoms with Crippen LogP contribution >= 0.6 is 0 Å². The minimum absolute atomic E-state index is 0.318. The second-order valence-electron chi connectivity index (χ2n) is 4.18. The maximum absolute atomic E-state index is 12.7. The number of amides is 1. The molecule has 2 rings (SSSR count). The summed E-state index contributed by atoms with van der Waals surface area (Å²) in [7, 11) is 0. The fourth-order valence-corrected chi connectivity index (χ4v) is 1.71. The summed E-state index contributed by atoms with van der Waals surface area (Å²) in [5, 5.41) is 3.85. The standard InChI is InChI=1S/C16H15FN2O2/c1-2-21-15-6-4-3-5-14(15)16(20)19-18-11-12-7-9-13(17)10-8-12/h3-11H,2H2,1H3,(H,19,20)/b18-11-. The van der Waals surface area contributed by atoms with Crippen molar-refractivity contribution in [3.8, 4) is 5.75 Å². The van der Waals surface area contributed by atoms with E-state index in [1.165, 1.54) is 18.3 Å². The van der Waals surface area contributed by atoms with E-state index in [0.29, 0.717) is 23.5 Å². The zero-order valence-corrected chi connectivity index (χ0v) is 11.5. The number of nitrogens with one attached hydrogen (secondary N) is 1. The molecular weight excluding hydrogens is 271 g/mol. The number of halogens is 1. The second kappa shape index (κ2) is 7.19. The Morgan fingerprint density at radius 1 is 1.24 bits per heavy atom. The monoisotopic (exact) mass is 286 g/mol. The Morgan fingerprint density at radius 3 is 2.67 bits per heavy atom. The predicted octanol–water partition coefficient (Wildman–Crippen LogP) is 2.99. The molecule has 0 saturated heterocycles. The van der Waals surface area contributed by atoms with Gasteiger partial charge >= 0.3 is 0 Å². The van der Waals surface area contributed by atoms with E-state index in [4.69, 9.17) is 4.74 Å². The maximum atomic E-state index is 12.7. The Hall–Kier alpha value is -2.69. The Balaban J connectivity index is 2.03. The van der Waals surface area contributed by atoms with Crippen LogP contribution in [0.15, 0.2) is 53.6 Å². The molecule has 0 saturated carbocycles. The highest BCUT2D eigenvalue weighted by atomic mass is 19.1. The van der Waals surface area contributed by atoms with E-state index in [2.05, 4.69) is 10.5 Å². The Labute approximate surface area is 122 Å². The first kappa shape index (κ1) is 14.7. The average molecular weight is 286 g/mol. The van der Waals surface area contributed by atoms with Gasteiger partial charge in [0.15, 0.2) is 0 Å². The van der Waals surface area contributed by atoms with Crippen LogP contribution in [-0.2, 0) is 0 Å². The van der Waals surface area contributed by atoms with Crippen molar-refractivity contribution in [3.63, 3.8) is 0 Å². The van der Waals surface area contributed by atoms with Crippen LogP contribution in [-0.4, -0.2) is 18.7 Å². The number of ether oxygens (including phenoxy) is 1. The van der Waals surface area contributed by atoms with E-state index in [0.717, 1.165) is 0 Å². The number of para-hydroxylation sites is 1. The Kier molecular flexibility index (Phi) is 5.04. The van der Waals surface area contributed by atoms with Crippen molar-refractivity contribution in [1.29, 1.82) is 0 Å². The molecule has 0 heterocycles. The zero-order valence-electron chi connectivity index (χ0n) is 11.5. The molecule has 0 aliphatic rings. The van der Waals surface area contributed by atoms with E-state index in [-0.39, 0.29) is 11.7 Å². The van der Waals surface area contributed by atoms with Gasteiger partial charge in [-0.1, -0.05) is 24.3 Å². The highest BCUT2D eigenvalue weighted by molar-refractivity contribution is 5.97. The van der Waals surface area contributed by atoms with Gasteiger partial charge in [-0.05, 0) is 36.8 Å². The molecule has 0 aliphatic heterocycles. The lowest BCUT2D eigenvalue weighted by atomic mass is 10.2. The van der Waals surface area contributed by atoms with Crippen LogP contribution in [0.1, 0.15) is 22.8 Å². The first-order valence-electron chi connectivity index (χ1n) is 6.51. The molecule has 5 heteroatoms. The van der Waals surface area contributed by atoms with E-state index in [1.807, 2.05) is 6.92 Å². The number of benzene rings is 2. The number of hydrogen-bond acceptors (Lipinski definition) is 3. The molecule has 1 N–H and O–H groups in total. The van der Waals surface area contributed by atoms with Crippen molar-refractivity contribution in [2.45, 2.75) is 6.92 Å². The van der Waals surface area contributed by atoms with Crippen molar-refractivity contribution >= 4 is 12.1 Å². The highest BCUT2D eigenvalue weighted by Gasteiger charge is 2.10. The molecule has 0 aromatic heterocycles. The topological polar surface area (TPSA) is 50.7 Å². The number of carbonyl (C=O) groups excluding carboxylic acids is 1. The van der Waals surface area contributed by atoms with Gasteiger partial charge in [0.05, 0.1) is 18.4 Å². The largest absolute Gasteiger partial charge is 0.493 e. The van der Waals surface area contributed by atoms with E-state index < -0.39 is 0 Å². The third kappa shape index (κ3) is 4.14. The summed E-state index contributed by atoms with van der Waals surface area (Å²) >= 11 is 0. The van der Waals surface area contributed by atoms with Gasteiger partial charge < -0.3 is 4.74 Å². The fourth-order valence-electron chi connectivity index (χ4n) is 1.71. The van der Waals surface area contributed by atoms with Gasteiger partial charge in [0.2, 0.25) is 0 Å². The van der Waals surface area contributed by atoms with Crippen molar-refractivity contribution < 1.29 is 13.9 Å². The number of hydrogen-bond donors (Lipinski definition) is 1. The highest BCUT2D eigenvalue weighted by Crippen LogP contribution is 2.17. The van der Waals surface area contributed by atoms with Gasteiger partial charge in [0.1, 0.15) is 11.6 Å². The molecule has 2 aromatic carbocycles. The third-order valence-electron chi connectivity index (χ3n) is 2.68. The molecule has 0 bridgehead atoms. The molecule has 0 atom stereocenters. The lowest BCUT2D eigenvalue weighted by Gasteiger charge is -2.08. The second-order valence-corrected chi connectivity index (χ2v) is 4.18. The normalized spacial score (nSPS) is 10.6. The van der Waals surface area contributed by atoms with E-state index in [9.17, 15) is 9.18 Å². The van der Waals surface area contributed by atoms with Crippen LogP contribution in [0.2, 0.25) is 0 Å². The molecule has 0 fully saturated rings. The van der Waals surface area contributed by atoms with Gasteiger partial charge in [0, 0.05) is 0 Å². The van der Waals surface area contributed by atoms with Gasteiger partial charge in [-0.15, -0.1) is 0 Å². The number of nitrogens with zero attached hydrogens (tertiary/aromatic N) is 1.